The molecule has 2 rings (SSSR count). The Hall–Kier alpha value is -2.65. The van der Waals surface area contributed by atoms with Crippen LogP contribution in [0.3, 0.4) is 0 Å². The summed E-state index contributed by atoms with van der Waals surface area (Å²) in [5, 5.41) is 2.00. The lowest BCUT2D eigenvalue weighted by atomic mass is 9.97. The number of nitrogens with one attached hydrogen (secondary N) is 1. The van der Waals surface area contributed by atoms with Gasteiger partial charge in [0.1, 0.15) is 17.2 Å². The number of rotatable bonds is 3. The molecule has 0 aromatic heterocycles. The first kappa shape index (κ1) is 19.7. The zero-order chi connectivity index (χ0) is 19.7. The summed E-state index contributed by atoms with van der Waals surface area (Å²) in [5.41, 5.74) is -2.25. The van der Waals surface area contributed by atoms with Crippen LogP contribution in [0.1, 0.15) is 21.8 Å². The van der Waals surface area contributed by atoms with Crippen molar-refractivity contribution >= 4 is 11.6 Å². The molecule has 26 heavy (non-hydrogen) atoms. The zero-order valence-corrected chi connectivity index (χ0v) is 12.6. The average Bonchev–Trinajstić information content (AvgIpc) is 2.46. The molecule has 0 bridgehead atoms. The molecule has 1 amide bonds. The third kappa shape index (κ3) is 4.30. The van der Waals surface area contributed by atoms with Crippen LogP contribution in [0.4, 0.5) is 40.8 Å². The van der Waals surface area contributed by atoms with E-state index in [1.807, 2.05) is 5.32 Å². The first-order chi connectivity index (χ1) is 11.9. The second-order valence-corrected chi connectivity index (χ2v) is 5.19. The van der Waals surface area contributed by atoms with Crippen LogP contribution in [0.25, 0.3) is 0 Å². The second kappa shape index (κ2) is 6.93. The first-order valence-electron chi connectivity index (χ1n) is 6.90. The lowest BCUT2D eigenvalue weighted by Gasteiger charge is -2.23. The summed E-state index contributed by atoms with van der Waals surface area (Å²) in [6.07, 6.45) is -11.1. The van der Waals surface area contributed by atoms with Crippen molar-refractivity contribution in [2.75, 3.05) is 5.32 Å². The Kier molecular flexibility index (Phi) is 5.24. The Balaban J connectivity index is 2.26. The molecule has 0 heterocycles. The van der Waals surface area contributed by atoms with Gasteiger partial charge in [0.05, 0.1) is 0 Å². The van der Waals surface area contributed by atoms with Crippen molar-refractivity contribution in [1.82, 2.24) is 0 Å². The van der Waals surface area contributed by atoms with E-state index < -0.39 is 46.9 Å². The van der Waals surface area contributed by atoms with Gasteiger partial charge in [0.15, 0.2) is 5.92 Å². The third-order valence-corrected chi connectivity index (χ3v) is 3.35. The average molecular weight is 383 g/mol. The van der Waals surface area contributed by atoms with Crippen molar-refractivity contribution in [1.29, 1.82) is 0 Å². The summed E-state index contributed by atoms with van der Waals surface area (Å²) < 4.78 is 103. The lowest BCUT2D eigenvalue weighted by Crippen LogP contribution is -2.34. The molecule has 0 aliphatic rings. The van der Waals surface area contributed by atoms with Crippen LogP contribution in [0.5, 0.6) is 0 Å². The highest BCUT2D eigenvalue weighted by atomic mass is 19.4. The number of halogens is 8. The molecule has 0 saturated carbocycles. The van der Waals surface area contributed by atoms with Gasteiger partial charge in [0.2, 0.25) is 0 Å². The predicted octanol–water partition coefficient (Wildman–Crippen LogP) is 5.43. The molecule has 1 N–H and O–H groups in total. The van der Waals surface area contributed by atoms with Gasteiger partial charge in [0, 0.05) is 5.69 Å². The van der Waals surface area contributed by atoms with Gasteiger partial charge >= 0.3 is 12.4 Å². The Morgan fingerprint density at radius 3 is 1.69 bits per heavy atom. The molecule has 0 unspecified atom stereocenters. The topological polar surface area (TPSA) is 29.1 Å². The summed E-state index contributed by atoms with van der Waals surface area (Å²) in [5.74, 6) is -7.28. The molecule has 0 atom stereocenters. The third-order valence-electron chi connectivity index (χ3n) is 3.35. The summed E-state index contributed by atoms with van der Waals surface area (Å²) in [6.45, 7) is 0. The molecule has 2 aromatic rings. The minimum atomic E-state index is -5.56. The van der Waals surface area contributed by atoms with E-state index in [9.17, 15) is 39.9 Å². The fourth-order valence-electron chi connectivity index (χ4n) is 2.23. The number of amides is 1. The minimum Gasteiger partial charge on any atom is -0.322 e. The molecule has 0 radical (unpaired) electrons. The monoisotopic (exact) mass is 383 g/mol. The number of hydrogen-bond donors (Lipinski definition) is 1. The van der Waals surface area contributed by atoms with E-state index in [0.717, 1.165) is 30.3 Å². The van der Waals surface area contributed by atoms with E-state index in [-0.39, 0.29) is 5.69 Å². The predicted molar refractivity (Wildman–Crippen MR) is 75.6 cm³/mol. The van der Waals surface area contributed by atoms with Crippen molar-refractivity contribution in [3.63, 3.8) is 0 Å². The summed E-state index contributed by atoms with van der Waals surface area (Å²) >= 11 is 0. The van der Waals surface area contributed by atoms with Crippen LogP contribution in [-0.4, -0.2) is 18.3 Å². The zero-order valence-electron chi connectivity index (χ0n) is 12.6. The molecule has 10 heteroatoms. The van der Waals surface area contributed by atoms with E-state index >= 15 is 0 Å². The summed E-state index contributed by atoms with van der Waals surface area (Å²) in [7, 11) is 0. The first-order valence-corrected chi connectivity index (χ1v) is 6.90. The van der Waals surface area contributed by atoms with Crippen LogP contribution in [0.15, 0.2) is 42.5 Å². The molecule has 0 saturated heterocycles. The fourth-order valence-corrected chi connectivity index (χ4v) is 2.23. The quantitative estimate of drug-likeness (QED) is 0.704. The number of carbonyl (C=O) groups excluding carboxylic acids is 1. The SMILES string of the molecule is O=C(Nc1ccc(C(C(F)(F)F)C(F)(F)F)cc1)c1c(F)cccc1F. The maximum atomic E-state index is 13.5. The minimum absolute atomic E-state index is 0.232. The van der Waals surface area contributed by atoms with Crippen LogP contribution >= 0.6 is 0 Å². The van der Waals surface area contributed by atoms with E-state index in [4.69, 9.17) is 0 Å². The van der Waals surface area contributed by atoms with Crippen LogP contribution < -0.4 is 5.32 Å². The smallest absolute Gasteiger partial charge is 0.322 e. The number of anilines is 1. The lowest BCUT2D eigenvalue weighted by molar-refractivity contribution is -0.253. The molecule has 140 valence electrons. The number of carbonyl (C=O) groups is 1. The second-order valence-electron chi connectivity index (χ2n) is 5.19. The highest BCUT2D eigenvalue weighted by molar-refractivity contribution is 6.04. The number of alkyl halides is 6. The van der Waals surface area contributed by atoms with E-state index in [1.54, 1.807) is 0 Å². The summed E-state index contributed by atoms with van der Waals surface area (Å²) in [4.78, 5) is 11.8. The van der Waals surface area contributed by atoms with Crippen molar-refractivity contribution in [2.45, 2.75) is 18.3 Å². The highest BCUT2D eigenvalue weighted by Gasteiger charge is 2.57. The molecule has 0 spiro atoms. The molecule has 2 nitrogen and oxygen atoms in total. The van der Waals surface area contributed by atoms with Crippen molar-refractivity contribution in [3.05, 3.63) is 65.2 Å². The van der Waals surface area contributed by atoms with Gasteiger partial charge < -0.3 is 5.32 Å². The van der Waals surface area contributed by atoms with Gasteiger partial charge in [-0.1, -0.05) is 18.2 Å². The van der Waals surface area contributed by atoms with E-state index in [1.165, 1.54) is 0 Å². The van der Waals surface area contributed by atoms with Gasteiger partial charge in [-0.3, -0.25) is 4.79 Å². The van der Waals surface area contributed by atoms with Gasteiger partial charge in [-0.2, -0.15) is 26.3 Å². The Morgan fingerprint density at radius 2 is 1.27 bits per heavy atom. The van der Waals surface area contributed by atoms with Crippen molar-refractivity contribution in [2.24, 2.45) is 0 Å². The Morgan fingerprint density at radius 1 is 0.808 bits per heavy atom. The largest absolute Gasteiger partial charge is 0.404 e. The van der Waals surface area contributed by atoms with Crippen molar-refractivity contribution in [3.8, 4) is 0 Å². The standard InChI is InChI=1S/C16H9F8NO/c17-10-2-1-3-11(18)12(10)14(26)25-9-6-4-8(5-7-9)13(15(19,20)21)16(22,23)24/h1-7,13H,(H,25,26). The van der Waals surface area contributed by atoms with Crippen LogP contribution in [0.2, 0.25) is 0 Å². The fraction of sp³-hybridized carbons (Fsp3) is 0.188. The number of benzene rings is 2. The Bertz CT molecular complexity index is 761. The van der Waals surface area contributed by atoms with E-state index in [2.05, 4.69) is 0 Å². The molecule has 0 aliphatic heterocycles. The molecule has 0 aliphatic carbocycles. The van der Waals surface area contributed by atoms with E-state index in [0.29, 0.717) is 12.1 Å². The highest BCUT2D eigenvalue weighted by Crippen LogP contribution is 2.46. The normalized spacial score (nSPS) is 12.3. The maximum absolute atomic E-state index is 13.5. The maximum Gasteiger partial charge on any atom is 0.404 e. The molecular formula is C16H9F8NO. The van der Waals surface area contributed by atoms with Crippen LogP contribution in [0, 0.1) is 11.6 Å². The number of hydrogen-bond acceptors (Lipinski definition) is 1. The molecule has 0 fully saturated rings. The molecular weight excluding hydrogens is 374 g/mol. The molecule has 2 aromatic carbocycles. The Labute approximate surface area is 141 Å². The van der Waals surface area contributed by atoms with Crippen LogP contribution in [-0.2, 0) is 0 Å². The van der Waals surface area contributed by atoms with Gasteiger partial charge in [0.25, 0.3) is 5.91 Å². The van der Waals surface area contributed by atoms with Gasteiger partial charge in [-0.15, -0.1) is 0 Å². The van der Waals surface area contributed by atoms with Crippen molar-refractivity contribution < 1.29 is 39.9 Å². The summed E-state index contributed by atoms with van der Waals surface area (Å²) in [6, 6.07) is 5.26. The van der Waals surface area contributed by atoms with Gasteiger partial charge in [-0.25, -0.2) is 8.78 Å². The van der Waals surface area contributed by atoms with Gasteiger partial charge in [-0.05, 0) is 29.8 Å².